The number of hydrogen-bond donors (Lipinski definition) is 2. The number of benzene rings is 1. The van der Waals surface area contributed by atoms with Crippen LogP contribution in [0.25, 0.3) is 0 Å². The zero-order valence-corrected chi connectivity index (χ0v) is 19.2. The molecule has 0 atom stereocenters. The van der Waals surface area contributed by atoms with E-state index in [-0.39, 0.29) is 23.1 Å². The summed E-state index contributed by atoms with van der Waals surface area (Å²) in [7, 11) is 0. The number of piperazine rings is 2. The van der Waals surface area contributed by atoms with E-state index in [0.717, 1.165) is 18.8 Å². The van der Waals surface area contributed by atoms with E-state index in [1.54, 1.807) is 6.07 Å². The summed E-state index contributed by atoms with van der Waals surface area (Å²) in [5, 5.41) is 6.14. The smallest absolute Gasteiger partial charge is 0.254 e. The highest BCUT2D eigenvalue weighted by Crippen LogP contribution is 2.29. The molecule has 1 aromatic carbocycles. The molecule has 2 N–H and O–H groups in total. The normalized spacial score (nSPS) is 17.5. The fourth-order valence-electron chi connectivity index (χ4n) is 4.05. The number of amides is 3. The molecule has 0 unspecified atom stereocenters. The SMILES string of the molecule is CC(=O)Nc1cc(C(=O)N2CCNCC2)ccc1N1CCN(C(=O)CC(C)(C)C)CC1. The van der Waals surface area contributed by atoms with Gasteiger partial charge in [0.2, 0.25) is 11.8 Å². The number of anilines is 2. The van der Waals surface area contributed by atoms with E-state index in [2.05, 4.69) is 36.3 Å². The molecule has 1 aromatic rings. The monoisotopic (exact) mass is 429 g/mol. The van der Waals surface area contributed by atoms with Crippen molar-refractivity contribution in [1.29, 1.82) is 0 Å². The van der Waals surface area contributed by atoms with Crippen LogP contribution >= 0.6 is 0 Å². The largest absolute Gasteiger partial charge is 0.366 e. The Morgan fingerprint density at radius 2 is 1.61 bits per heavy atom. The van der Waals surface area contributed by atoms with Crippen molar-refractivity contribution < 1.29 is 14.4 Å². The van der Waals surface area contributed by atoms with Crippen molar-refractivity contribution in [3.05, 3.63) is 23.8 Å². The predicted octanol–water partition coefficient (Wildman–Crippen LogP) is 1.78. The minimum absolute atomic E-state index is 0.0164. The molecular weight excluding hydrogens is 394 g/mol. The van der Waals surface area contributed by atoms with Crippen LogP contribution in [-0.2, 0) is 9.59 Å². The first-order valence-corrected chi connectivity index (χ1v) is 11.1. The molecule has 8 nitrogen and oxygen atoms in total. The number of rotatable bonds is 4. The van der Waals surface area contributed by atoms with E-state index in [1.807, 2.05) is 21.9 Å². The molecule has 2 fully saturated rings. The highest BCUT2D eigenvalue weighted by Gasteiger charge is 2.26. The maximum Gasteiger partial charge on any atom is 0.254 e. The maximum absolute atomic E-state index is 12.9. The van der Waals surface area contributed by atoms with Crippen molar-refractivity contribution in [3.8, 4) is 0 Å². The lowest BCUT2D eigenvalue weighted by Crippen LogP contribution is -2.49. The van der Waals surface area contributed by atoms with Crippen LogP contribution < -0.4 is 15.5 Å². The molecule has 31 heavy (non-hydrogen) atoms. The van der Waals surface area contributed by atoms with Gasteiger partial charge in [0.05, 0.1) is 11.4 Å². The summed E-state index contributed by atoms with van der Waals surface area (Å²) in [5.41, 5.74) is 2.07. The van der Waals surface area contributed by atoms with Crippen molar-refractivity contribution in [2.75, 3.05) is 62.6 Å². The van der Waals surface area contributed by atoms with Crippen molar-refractivity contribution in [3.63, 3.8) is 0 Å². The second-order valence-corrected chi connectivity index (χ2v) is 9.56. The molecule has 0 radical (unpaired) electrons. The second-order valence-electron chi connectivity index (χ2n) is 9.56. The average Bonchev–Trinajstić information content (AvgIpc) is 2.72. The van der Waals surface area contributed by atoms with Crippen molar-refractivity contribution in [1.82, 2.24) is 15.1 Å². The Balaban J connectivity index is 1.72. The number of carbonyl (C=O) groups is 3. The first-order chi connectivity index (χ1) is 14.6. The molecule has 0 saturated carbocycles. The summed E-state index contributed by atoms with van der Waals surface area (Å²) >= 11 is 0. The molecular formula is C23H35N5O3. The van der Waals surface area contributed by atoms with Crippen LogP contribution in [0.2, 0.25) is 0 Å². The van der Waals surface area contributed by atoms with Gasteiger partial charge in [-0.3, -0.25) is 14.4 Å². The van der Waals surface area contributed by atoms with Gasteiger partial charge in [-0.2, -0.15) is 0 Å². The quantitative estimate of drug-likeness (QED) is 0.762. The van der Waals surface area contributed by atoms with Crippen molar-refractivity contribution in [2.45, 2.75) is 34.1 Å². The highest BCUT2D eigenvalue weighted by molar-refractivity contribution is 5.99. The number of hydrogen-bond acceptors (Lipinski definition) is 5. The third-order valence-electron chi connectivity index (χ3n) is 5.61. The van der Waals surface area contributed by atoms with Crippen molar-refractivity contribution in [2.24, 2.45) is 5.41 Å². The first-order valence-electron chi connectivity index (χ1n) is 11.1. The third-order valence-corrected chi connectivity index (χ3v) is 5.61. The molecule has 2 aliphatic heterocycles. The Morgan fingerprint density at radius 1 is 0.968 bits per heavy atom. The molecule has 0 aliphatic carbocycles. The van der Waals surface area contributed by atoms with Crippen LogP contribution in [0.4, 0.5) is 11.4 Å². The average molecular weight is 430 g/mol. The van der Waals surface area contributed by atoms with Gasteiger partial charge in [0.25, 0.3) is 5.91 Å². The van der Waals surface area contributed by atoms with E-state index >= 15 is 0 Å². The molecule has 170 valence electrons. The van der Waals surface area contributed by atoms with Gasteiger partial charge in [0.1, 0.15) is 0 Å². The Labute approximate surface area is 184 Å². The van der Waals surface area contributed by atoms with Gasteiger partial charge in [-0.1, -0.05) is 20.8 Å². The van der Waals surface area contributed by atoms with Gasteiger partial charge in [-0.25, -0.2) is 0 Å². The molecule has 3 rings (SSSR count). The minimum atomic E-state index is -0.174. The fraction of sp³-hybridized carbons (Fsp3) is 0.609. The summed E-state index contributed by atoms with van der Waals surface area (Å²) in [5.74, 6) is -0.00420. The first kappa shape index (κ1) is 23.1. The van der Waals surface area contributed by atoms with Gasteiger partial charge in [0, 0.05) is 71.3 Å². The molecule has 0 aromatic heterocycles. The molecule has 0 spiro atoms. The van der Waals surface area contributed by atoms with Crippen LogP contribution in [0.15, 0.2) is 18.2 Å². The maximum atomic E-state index is 12.9. The van der Waals surface area contributed by atoms with Crippen LogP contribution in [-0.4, -0.2) is 79.9 Å². The van der Waals surface area contributed by atoms with Gasteiger partial charge in [-0.05, 0) is 23.6 Å². The van der Waals surface area contributed by atoms with Crippen LogP contribution in [0.1, 0.15) is 44.5 Å². The van der Waals surface area contributed by atoms with E-state index in [0.29, 0.717) is 56.9 Å². The second kappa shape index (κ2) is 9.68. The third kappa shape index (κ3) is 6.19. The van der Waals surface area contributed by atoms with Crippen LogP contribution in [0.3, 0.4) is 0 Å². The lowest BCUT2D eigenvalue weighted by Gasteiger charge is -2.38. The Hall–Kier alpha value is -2.61. The number of carbonyl (C=O) groups excluding carboxylic acids is 3. The Bertz CT molecular complexity index is 819. The van der Waals surface area contributed by atoms with Gasteiger partial charge in [-0.15, -0.1) is 0 Å². The van der Waals surface area contributed by atoms with Crippen LogP contribution in [0, 0.1) is 5.41 Å². The highest BCUT2D eigenvalue weighted by atomic mass is 16.2. The zero-order valence-electron chi connectivity index (χ0n) is 19.2. The molecule has 2 aliphatic rings. The lowest BCUT2D eigenvalue weighted by atomic mass is 9.91. The van der Waals surface area contributed by atoms with Gasteiger partial charge < -0.3 is 25.3 Å². The summed E-state index contributed by atoms with van der Waals surface area (Å²) < 4.78 is 0. The number of nitrogens with one attached hydrogen (secondary N) is 2. The van der Waals surface area contributed by atoms with E-state index in [9.17, 15) is 14.4 Å². The minimum Gasteiger partial charge on any atom is -0.366 e. The van der Waals surface area contributed by atoms with E-state index < -0.39 is 0 Å². The van der Waals surface area contributed by atoms with Gasteiger partial charge >= 0.3 is 0 Å². The van der Waals surface area contributed by atoms with E-state index in [1.165, 1.54) is 6.92 Å². The predicted molar refractivity (Wildman–Crippen MR) is 122 cm³/mol. The topological polar surface area (TPSA) is 85.0 Å². The molecule has 2 saturated heterocycles. The number of nitrogens with zero attached hydrogens (tertiary/aromatic N) is 3. The summed E-state index contributed by atoms with van der Waals surface area (Å²) in [6.07, 6.45) is 0.535. The summed E-state index contributed by atoms with van der Waals surface area (Å²) in [6, 6.07) is 5.52. The van der Waals surface area contributed by atoms with Crippen LogP contribution in [0.5, 0.6) is 0 Å². The van der Waals surface area contributed by atoms with E-state index in [4.69, 9.17) is 0 Å². The molecule has 0 bridgehead atoms. The molecule has 8 heteroatoms. The summed E-state index contributed by atoms with van der Waals surface area (Å²) in [6.45, 7) is 13.3. The summed E-state index contributed by atoms with van der Waals surface area (Å²) in [4.78, 5) is 43.2. The van der Waals surface area contributed by atoms with Gasteiger partial charge in [0.15, 0.2) is 0 Å². The van der Waals surface area contributed by atoms with Crippen molar-refractivity contribution >= 4 is 29.1 Å². The zero-order chi connectivity index (χ0) is 22.6. The molecule has 3 amide bonds. The standard InChI is InChI=1S/C23H35N5O3/c1-17(29)25-19-15-18(22(31)28-9-7-24-8-10-28)5-6-20(19)26-11-13-27(14-12-26)21(30)16-23(2,3)4/h5-6,15,24H,7-14,16H2,1-4H3,(H,25,29). The fourth-order valence-corrected chi connectivity index (χ4v) is 4.05. The Kier molecular flexibility index (Phi) is 7.20. The lowest BCUT2D eigenvalue weighted by molar-refractivity contribution is -0.133. The Morgan fingerprint density at radius 3 is 2.19 bits per heavy atom. The molecule has 2 heterocycles.